The van der Waals surface area contributed by atoms with Crippen molar-refractivity contribution in [1.29, 1.82) is 0 Å². The quantitative estimate of drug-likeness (QED) is 0.476. The molecule has 0 atom stereocenters. The lowest BCUT2D eigenvalue weighted by Crippen LogP contribution is -2.47. The van der Waals surface area contributed by atoms with E-state index in [1.165, 1.54) is 10.7 Å². The minimum atomic E-state index is -0.153. The predicted molar refractivity (Wildman–Crippen MR) is 138 cm³/mol. The summed E-state index contributed by atoms with van der Waals surface area (Å²) in [6.45, 7) is 6.92. The van der Waals surface area contributed by atoms with Crippen LogP contribution in [-0.4, -0.2) is 50.9 Å². The molecule has 1 aliphatic heterocycles. The van der Waals surface area contributed by atoms with Crippen LogP contribution in [-0.2, 0) is 0 Å². The molecule has 1 aliphatic rings. The second-order valence-electron chi connectivity index (χ2n) is 8.75. The van der Waals surface area contributed by atoms with E-state index in [-0.39, 0.29) is 11.6 Å². The van der Waals surface area contributed by atoms with E-state index in [1.807, 2.05) is 68.6 Å². The van der Waals surface area contributed by atoms with Crippen molar-refractivity contribution in [2.45, 2.75) is 19.9 Å². The first kappa shape index (κ1) is 22.5. The molecular weight excluding hydrogens is 440 g/mol. The molecule has 4 heterocycles. The highest BCUT2D eigenvalue weighted by molar-refractivity contribution is 5.80. The first-order valence-corrected chi connectivity index (χ1v) is 11.8. The Kier molecular flexibility index (Phi) is 6.13. The highest BCUT2D eigenvalue weighted by atomic mass is 16.1. The molecule has 0 aliphatic carbocycles. The van der Waals surface area contributed by atoms with Crippen LogP contribution in [0, 0.1) is 0 Å². The van der Waals surface area contributed by atoms with Gasteiger partial charge in [-0.25, -0.2) is 19.6 Å². The van der Waals surface area contributed by atoms with Crippen LogP contribution in [0.2, 0.25) is 0 Å². The Morgan fingerprint density at radius 2 is 1.54 bits per heavy atom. The van der Waals surface area contributed by atoms with Gasteiger partial charge in [0.15, 0.2) is 11.6 Å². The van der Waals surface area contributed by atoms with Gasteiger partial charge in [-0.1, -0.05) is 36.4 Å². The minimum Gasteiger partial charge on any atom is -0.381 e. The van der Waals surface area contributed by atoms with Crippen molar-refractivity contribution < 1.29 is 0 Å². The van der Waals surface area contributed by atoms with Gasteiger partial charge in [-0.2, -0.15) is 5.10 Å². The van der Waals surface area contributed by atoms with E-state index in [2.05, 4.69) is 19.9 Å². The number of piperazine rings is 1. The summed E-state index contributed by atoms with van der Waals surface area (Å²) in [4.78, 5) is 31.0. The van der Waals surface area contributed by atoms with Gasteiger partial charge >= 0.3 is 0 Å². The summed E-state index contributed by atoms with van der Waals surface area (Å²) in [6, 6.07) is 18.9. The van der Waals surface area contributed by atoms with Gasteiger partial charge in [-0.05, 0) is 32.0 Å². The van der Waals surface area contributed by atoms with E-state index in [0.717, 1.165) is 37.6 Å². The molecule has 35 heavy (non-hydrogen) atoms. The smallest absolute Gasteiger partial charge is 0.267 e. The minimum absolute atomic E-state index is 0.0801. The Hall–Kier alpha value is -4.27. The Morgan fingerprint density at radius 3 is 2.23 bits per heavy atom. The zero-order valence-corrected chi connectivity index (χ0v) is 19.9. The molecule has 1 fully saturated rings. The highest BCUT2D eigenvalue weighted by Gasteiger charge is 2.24. The summed E-state index contributed by atoms with van der Waals surface area (Å²) in [6.07, 6.45) is 1.81. The molecule has 0 amide bonds. The maximum Gasteiger partial charge on any atom is 0.267 e. The number of nitrogen functional groups attached to an aromatic ring is 1. The molecule has 0 spiro atoms. The lowest BCUT2D eigenvalue weighted by Gasteiger charge is -2.36. The second kappa shape index (κ2) is 9.54. The fourth-order valence-corrected chi connectivity index (χ4v) is 4.26. The Labute approximate surface area is 203 Å². The van der Waals surface area contributed by atoms with Crippen LogP contribution < -0.4 is 21.1 Å². The zero-order chi connectivity index (χ0) is 24.4. The molecule has 9 nitrogen and oxygen atoms in total. The van der Waals surface area contributed by atoms with Crippen molar-refractivity contribution in [1.82, 2.24) is 24.7 Å². The van der Waals surface area contributed by atoms with Gasteiger partial charge in [-0.3, -0.25) is 4.79 Å². The Morgan fingerprint density at radius 1 is 0.829 bits per heavy atom. The molecule has 1 saturated heterocycles. The molecule has 2 N–H and O–H groups in total. The molecule has 0 radical (unpaired) electrons. The van der Waals surface area contributed by atoms with Crippen LogP contribution in [0.3, 0.4) is 0 Å². The number of pyridine rings is 1. The molecule has 0 unspecified atom stereocenters. The van der Waals surface area contributed by atoms with E-state index in [1.54, 1.807) is 6.07 Å². The number of benzene rings is 1. The van der Waals surface area contributed by atoms with E-state index in [4.69, 9.17) is 15.7 Å². The van der Waals surface area contributed by atoms with Crippen molar-refractivity contribution in [2.24, 2.45) is 0 Å². The van der Waals surface area contributed by atoms with Crippen LogP contribution in [0.4, 0.5) is 17.5 Å². The van der Waals surface area contributed by atoms with Gasteiger partial charge < -0.3 is 15.5 Å². The number of rotatable bonds is 5. The van der Waals surface area contributed by atoms with Crippen LogP contribution in [0.15, 0.2) is 71.7 Å². The molecule has 178 valence electrons. The third-order valence-corrected chi connectivity index (χ3v) is 6.06. The summed E-state index contributed by atoms with van der Waals surface area (Å²) in [7, 11) is 0. The Bertz CT molecular complexity index is 1360. The number of hydrogen-bond donors (Lipinski definition) is 1. The van der Waals surface area contributed by atoms with E-state index in [0.29, 0.717) is 28.7 Å². The van der Waals surface area contributed by atoms with E-state index in [9.17, 15) is 4.79 Å². The van der Waals surface area contributed by atoms with Gasteiger partial charge in [0.05, 0.1) is 6.04 Å². The number of nitrogens with two attached hydrogens (primary N) is 1. The molecular formula is C26H28N8O. The largest absolute Gasteiger partial charge is 0.381 e. The maximum atomic E-state index is 12.3. The van der Waals surface area contributed by atoms with Crippen molar-refractivity contribution >= 4 is 17.5 Å². The molecule has 4 aromatic rings. The third-order valence-electron chi connectivity index (χ3n) is 6.06. The van der Waals surface area contributed by atoms with Gasteiger partial charge in [0.25, 0.3) is 5.56 Å². The maximum absolute atomic E-state index is 12.3. The Balaban J connectivity index is 1.54. The van der Waals surface area contributed by atoms with Crippen LogP contribution in [0.25, 0.3) is 22.6 Å². The number of hydrogen-bond acceptors (Lipinski definition) is 8. The molecule has 1 aromatic carbocycles. The summed E-state index contributed by atoms with van der Waals surface area (Å²) in [5.74, 6) is 1.96. The summed E-state index contributed by atoms with van der Waals surface area (Å²) >= 11 is 0. The van der Waals surface area contributed by atoms with Crippen molar-refractivity contribution in [2.75, 3.05) is 41.7 Å². The summed E-state index contributed by atoms with van der Waals surface area (Å²) in [5, 5.41) is 4.62. The SMILES string of the molecule is CC(C)n1nc(-c2nc(N3CCN(c4ccccn4)CC3)c(N)nc2-c2ccccc2)ccc1=O. The van der Waals surface area contributed by atoms with E-state index >= 15 is 0 Å². The molecule has 3 aromatic heterocycles. The number of aromatic nitrogens is 5. The number of nitrogens with zero attached hydrogens (tertiary/aromatic N) is 7. The molecule has 9 heteroatoms. The predicted octanol–water partition coefficient (Wildman–Crippen LogP) is 3.25. The average Bonchev–Trinajstić information content (AvgIpc) is 2.90. The van der Waals surface area contributed by atoms with E-state index < -0.39 is 0 Å². The fourth-order valence-electron chi connectivity index (χ4n) is 4.26. The monoisotopic (exact) mass is 468 g/mol. The van der Waals surface area contributed by atoms with Crippen LogP contribution in [0.5, 0.6) is 0 Å². The van der Waals surface area contributed by atoms with Gasteiger partial charge in [-0.15, -0.1) is 0 Å². The molecule has 5 rings (SSSR count). The average molecular weight is 469 g/mol. The van der Waals surface area contributed by atoms with Gasteiger partial charge in [0.1, 0.15) is 22.9 Å². The van der Waals surface area contributed by atoms with Crippen LogP contribution >= 0.6 is 0 Å². The third kappa shape index (κ3) is 4.57. The number of anilines is 3. The highest BCUT2D eigenvalue weighted by Crippen LogP contribution is 2.33. The summed E-state index contributed by atoms with van der Waals surface area (Å²) < 4.78 is 1.47. The van der Waals surface area contributed by atoms with Crippen molar-refractivity contribution in [3.8, 4) is 22.6 Å². The van der Waals surface area contributed by atoms with Crippen molar-refractivity contribution in [3.05, 3.63) is 77.2 Å². The lowest BCUT2D eigenvalue weighted by atomic mass is 10.1. The fraction of sp³-hybridized carbons (Fsp3) is 0.269. The standard InChI is InChI=1S/C26H28N8O/c1-18(2)34-22(35)12-11-20(31-34)24-23(19-8-4-3-5-9-19)29-25(27)26(30-24)33-16-14-32(15-17-33)21-10-6-7-13-28-21/h3-13,18H,14-17H2,1-2H3,(H2,27,29). The summed E-state index contributed by atoms with van der Waals surface area (Å²) in [5.41, 5.74) is 9.02. The first-order valence-electron chi connectivity index (χ1n) is 11.8. The normalized spacial score (nSPS) is 13.9. The van der Waals surface area contributed by atoms with Crippen molar-refractivity contribution in [3.63, 3.8) is 0 Å². The van der Waals surface area contributed by atoms with Crippen LogP contribution in [0.1, 0.15) is 19.9 Å². The van der Waals surface area contributed by atoms with Gasteiger partial charge in [0.2, 0.25) is 0 Å². The molecule has 0 saturated carbocycles. The lowest BCUT2D eigenvalue weighted by molar-refractivity contribution is 0.504. The first-order chi connectivity index (χ1) is 17.0. The second-order valence-corrected chi connectivity index (χ2v) is 8.75. The topological polar surface area (TPSA) is 106 Å². The molecule has 0 bridgehead atoms. The zero-order valence-electron chi connectivity index (χ0n) is 19.9. The van der Waals surface area contributed by atoms with Gasteiger partial charge in [0, 0.05) is 44.0 Å².